The van der Waals surface area contributed by atoms with E-state index in [-0.39, 0.29) is 5.69 Å². The highest BCUT2D eigenvalue weighted by atomic mass is 32.1. The van der Waals surface area contributed by atoms with Crippen molar-refractivity contribution in [2.24, 2.45) is 0 Å². The van der Waals surface area contributed by atoms with Gasteiger partial charge in [-0.1, -0.05) is 13.0 Å². The van der Waals surface area contributed by atoms with Crippen molar-refractivity contribution in [3.05, 3.63) is 55.3 Å². The number of thiophene rings is 1. The van der Waals surface area contributed by atoms with Crippen LogP contribution in [0.5, 0.6) is 0 Å². The van der Waals surface area contributed by atoms with Gasteiger partial charge >= 0.3 is 5.97 Å². The summed E-state index contributed by atoms with van der Waals surface area (Å²) >= 11 is 1.44. The van der Waals surface area contributed by atoms with E-state index in [0.29, 0.717) is 22.5 Å². The second-order valence-electron chi connectivity index (χ2n) is 6.81. The van der Waals surface area contributed by atoms with Crippen LogP contribution in [-0.4, -0.2) is 22.9 Å². The van der Waals surface area contributed by atoms with Crippen molar-refractivity contribution < 1.29 is 19.2 Å². The topological polar surface area (TPSA) is 98.5 Å². The molecule has 1 aliphatic rings. The summed E-state index contributed by atoms with van der Waals surface area (Å²) in [6.07, 6.45) is 3.55. The molecule has 1 amide bonds. The highest BCUT2D eigenvalue weighted by Gasteiger charge is 2.25. The van der Waals surface area contributed by atoms with Crippen LogP contribution in [0.15, 0.2) is 24.3 Å². The van der Waals surface area contributed by atoms with Crippen molar-refractivity contribution in [2.75, 3.05) is 5.32 Å². The van der Waals surface area contributed by atoms with E-state index in [4.69, 9.17) is 4.74 Å². The standard InChI is InChI=1S/C20H22N2O5S/c1-3-16(19(23)21-15-11-14(22(25)26)9-8-12(15)2)27-20(24)18-10-13-6-4-5-7-17(13)28-18/h8-11,16H,3-7H2,1-2H3,(H,21,23). The number of hydrogen-bond donors (Lipinski definition) is 1. The van der Waals surface area contributed by atoms with E-state index in [9.17, 15) is 19.7 Å². The number of nitrogens with one attached hydrogen (secondary N) is 1. The van der Waals surface area contributed by atoms with E-state index in [2.05, 4.69) is 5.32 Å². The molecule has 7 nitrogen and oxygen atoms in total. The molecule has 0 aliphatic heterocycles. The maximum Gasteiger partial charge on any atom is 0.349 e. The number of fused-ring (bicyclic) bond motifs is 1. The van der Waals surface area contributed by atoms with Gasteiger partial charge in [-0.05, 0) is 56.2 Å². The normalized spacial score (nSPS) is 14.1. The summed E-state index contributed by atoms with van der Waals surface area (Å²) in [5, 5.41) is 13.6. The minimum Gasteiger partial charge on any atom is -0.448 e. The first-order valence-corrected chi connectivity index (χ1v) is 10.1. The minimum absolute atomic E-state index is 0.116. The Morgan fingerprint density at radius 2 is 2.04 bits per heavy atom. The number of benzene rings is 1. The van der Waals surface area contributed by atoms with Crippen molar-refractivity contribution in [3.8, 4) is 0 Å². The number of esters is 1. The smallest absolute Gasteiger partial charge is 0.349 e. The second kappa shape index (κ2) is 8.52. The number of carbonyl (C=O) groups excluding carboxylic acids is 2. The van der Waals surface area contributed by atoms with Crippen LogP contribution >= 0.6 is 11.3 Å². The van der Waals surface area contributed by atoms with Crippen molar-refractivity contribution in [2.45, 2.75) is 52.1 Å². The Labute approximate surface area is 166 Å². The number of carbonyl (C=O) groups is 2. The summed E-state index contributed by atoms with van der Waals surface area (Å²) in [6, 6.07) is 6.11. The molecule has 148 valence electrons. The van der Waals surface area contributed by atoms with Gasteiger partial charge in [0, 0.05) is 17.0 Å². The summed E-state index contributed by atoms with van der Waals surface area (Å²) < 4.78 is 5.44. The molecule has 0 saturated heterocycles. The summed E-state index contributed by atoms with van der Waals surface area (Å²) in [7, 11) is 0. The highest BCUT2D eigenvalue weighted by Crippen LogP contribution is 2.30. The molecule has 1 aliphatic carbocycles. The predicted molar refractivity (Wildman–Crippen MR) is 107 cm³/mol. The Morgan fingerprint density at radius 3 is 2.71 bits per heavy atom. The Morgan fingerprint density at radius 1 is 1.29 bits per heavy atom. The molecule has 1 N–H and O–H groups in total. The molecule has 1 unspecified atom stereocenters. The van der Waals surface area contributed by atoms with Crippen LogP contribution in [0.2, 0.25) is 0 Å². The van der Waals surface area contributed by atoms with E-state index in [1.807, 2.05) is 6.07 Å². The molecule has 0 spiro atoms. The van der Waals surface area contributed by atoms with Gasteiger partial charge in [0.15, 0.2) is 6.10 Å². The average molecular weight is 402 g/mol. The van der Waals surface area contributed by atoms with Gasteiger partial charge in [0.1, 0.15) is 4.88 Å². The van der Waals surface area contributed by atoms with E-state index < -0.39 is 22.9 Å². The van der Waals surface area contributed by atoms with Gasteiger partial charge in [-0.15, -0.1) is 11.3 Å². The fourth-order valence-electron chi connectivity index (χ4n) is 3.17. The van der Waals surface area contributed by atoms with Crippen molar-refractivity contribution in [3.63, 3.8) is 0 Å². The lowest BCUT2D eigenvalue weighted by atomic mass is 9.99. The number of non-ortho nitro benzene ring substituents is 1. The predicted octanol–water partition coefficient (Wildman–Crippen LogP) is 4.42. The quantitative estimate of drug-likeness (QED) is 0.438. The first-order chi connectivity index (χ1) is 13.4. The number of nitro groups is 1. The summed E-state index contributed by atoms with van der Waals surface area (Å²) in [5.74, 6) is -1.00. The third-order valence-electron chi connectivity index (χ3n) is 4.80. The maximum absolute atomic E-state index is 12.6. The van der Waals surface area contributed by atoms with Crippen molar-refractivity contribution in [1.82, 2.24) is 0 Å². The SMILES string of the molecule is CCC(OC(=O)c1cc2c(s1)CCCC2)C(=O)Nc1cc([N+](=O)[O-])ccc1C. The second-order valence-corrected chi connectivity index (χ2v) is 7.95. The van der Waals surface area contributed by atoms with Crippen LogP contribution < -0.4 is 5.32 Å². The molecule has 1 aromatic heterocycles. The third-order valence-corrected chi connectivity index (χ3v) is 6.02. The van der Waals surface area contributed by atoms with Gasteiger partial charge in [-0.25, -0.2) is 4.79 Å². The Kier molecular flexibility index (Phi) is 6.08. The fourth-order valence-corrected chi connectivity index (χ4v) is 4.31. The zero-order chi connectivity index (χ0) is 20.3. The van der Waals surface area contributed by atoms with Crippen LogP contribution in [0.4, 0.5) is 11.4 Å². The van der Waals surface area contributed by atoms with Gasteiger partial charge < -0.3 is 10.1 Å². The number of nitro benzene ring substituents is 1. The molecule has 1 heterocycles. The van der Waals surface area contributed by atoms with Crippen LogP contribution in [0.25, 0.3) is 0 Å². The van der Waals surface area contributed by atoms with Crippen LogP contribution in [0.1, 0.15) is 51.9 Å². The first kappa shape index (κ1) is 20.0. The number of hydrogen-bond acceptors (Lipinski definition) is 6. The lowest BCUT2D eigenvalue weighted by Gasteiger charge is -2.16. The van der Waals surface area contributed by atoms with Gasteiger partial charge in [0.2, 0.25) is 0 Å². The molecule has 8 heteroatoms. The average Bonchev–Trinajstić information content (AvgIpc) is 3.11. The maximum atomic E-state index is 12.6. The van der Waals surface area contributed by atoms with Gasteiger partial charge in [-0.2, -0.15) is 0 Å². The Hall–Kier alpha value is -2.74. The zero-order valence-electron chi connectivity index (χ0n) is 15.8. The Bertz CT molecular complexity index is 898. The summed E-state index contributed by atoms with van der Waals surface area (Å²) in [4.78, 5) is 37.3. The molecular weight excluding hydrogens is 380 g/mol. The molecule has 0 saturated carbocycles. The lowest BCUT2D eigenvalue weighted by molar-refractivity contribution is -0.384. The Balaban J connectivity index is 1.70. The monoisotopic (exact) mass is 402 g/mol. The molecular formula is C20H22N2O5S. The zero-order valence-corrected chi connectivity index (χ0v) is 16.6. The van der Waals surface area contributed by atoms with Crippen LogP contribution in [0, 0.1) is 17.0 Å². The number of ether oxygens (including phenoxy) is 1. The van der Waals surface area contributed by atoms with Gasteiger partial charge in [0.25, 0.3) is 11.6 Å². The fraction of sp³-hybridized carbons (Fsp3) is 0.400. The molecule has 3 rings (SSSR count). The number of amides is 1. The number of rotatable bonds is 6. The molecule has 1 atom stereocenters. The van der Waals surface area contributed by atoms with E-state index >= 15 is 0 Å². The van der Waals surface area contributed by atoms with Crippen LogP contribution in [-0.2, 0) is 22.4 Å². The first-order valence-electron chi connectivity index (χ1n) is 9.27. The number of aryl methyl sites for hydroxylation is 3. The third kappa shape index (κ3) is 4.39. The summed E-state index contributed by atoms with van der Waals surface area (Å²) in [5.41, 5.74) is 2.11. The molecule has 0 fully saturated rings. The molecule has 2 aromatic rings. The van der Waals surface area contributed by atoms with E-state index in [1.165, 1.54) is 33.9 Å². The number of nitrogens with zero attached hydrogens (tertiary/aromatic N) is 1. The number of anilines is 1. The molecule has 0 bridgehead atoms. The molecule has 1 aromatic carbocycles. The van der Waals surface area contributed by atoms with Crippen molar-refractivity contribution in [1.29, 1.82) is 0 Å². The highest BCUT2D eigenvalue weighted by molar-refractivity contribution is 7.14. The molecule has 0 radical (unpaired) electrons. The lowest BCUT2D eigenvalue weighted by Crippen LogP contribution is -2.32. The largest absolute Gasteiger partial charge is 0.448 e. The minimum atomic E-state index is -0.967. The molecule has 28 heavy (non-hydrogen) atoms. The van der Waals surface area contributed by atoms with Crippen LogP contribution in [0.3, 0.4) is 0 Å². The van der Waals surface area contributed by atoms with Gasteiger partial charge in [0.05, 0.1) is 10.6 Å². The van der Waals surface area contributed by atoms with Gasteiger partial charge in [-0.3, -0.25) is 14.9 Å². The van der Waals surface area contributed by atoms with E-state index in [0.717, 1.165) is 25.7 Å². The van der Waals surface area contributed by atoms with E-state index in [1.54, 1.807) is 19.9 Å². The van der Waals surface area contributed by atoms with Crippen molar-refractivity contribution >= 4 is 34.6 Å². The summed E-state index contributed by atoms with van der Waals surface area (Å²) in [6.45, 7) is 3.49.